The molecule has 0 saturated heterocycles. The van der Waals surface area contributed by atoms with Crippen molar-refractivity contribution in [2.24, 2.45) is 0 Å². The second kappa shape index (κ2) is 3.62. The van der Waals surface area contributed by atoms with Gasteiger partial charge in [0.1, 0.15) is 0 Å². The van der Waals surface area contributed by atoms with Crippen molar-refractivity contribution in [1.82, 2.24) is 0 Å². The van der Waals surface area contributed by atoms with Crippen LogP contribution in [-0.4, -0.2) is 14.5 Å². The van der Waals surface area contributed by atoms with E-state index in [1.54, 1.807) is 0 Å². The van der Waals surface area contributed by atoms with Gasteiger partial charge in [-0.15, -0.1) is 0 Å². The Hall–Kier alpha value is -0.851. The molecule has 0 amide bonds. The third-order valence-electron chi connectivity index (χ3n) is 2.37. The molecule has 0 atom stereocenters. The fourth-order valence-corrected chi connectivity index (χ4v) is 3.85. The average molecular weight is 265 g/mol. The molecule has 1 heterocycles. The van der Waals surface area contributed by atoms with Gasteiger partial charge >= 0.3 is 95.3 Å². The summed E-state index contributed by atoms with van der Waals surface area (Å²) in [6.07, 6.45) is 0. The van der Waals surface area contributed by atoms with Crippen LogP contribution in [0.4, 0.5) is 0 Å². The summed E-state index contributed by atoms with van der Waals surface area (Å²) in [6, 6.07) is 9.78. The summed E-state index contributed by atoms with van der Waals surface area (Å²) < 4.78 is 2.51. The molecule has 0 spiro atoms. The zero-order chi connectivity index (χ0) is 11.1. The Bertz CT molecular complexity index is 546. The van der Waals surface area contributed by atoms with Crippen LogP contribution >= 0.6 is 0 Å². The molecule has 15 heavy (non-hydrogen) atoms. The van der Waals surface area contributed by atoms with Crippen LogP contribution in [-0.2, 0) is 5.41 Å². The summed E-state index contributed by atoms with van der Waals surface area (Å²) in [6.45, 7) is 6.51. The number of fused-ring (bicyclic) bond motifs is 1. The van der Waals surface area contributed by atoms with Crippen molar-refractivity contribution in [3.63, 3.8) is 0 Å². The Morgan fingerprint density at radius 3 is 2.47 bits per heavy atom. The van der Waals surface area contributed by atoms with E-state index < -0.39 is 0 Å². The van der Waals surface area contributed by atoms with Crippen LogP contribution in [0, 0.1) is 0 Å². The first-order valence-corrected chi connectivity index (χ1v) is 6.73. The van der Waals surface area contributed by atoms with Crippen LogP contribution in [0.3, 0.4) is 0 Å². The van der Waals surface area contributed by atoms with Gasteiger partial charge in [-0.05, 0) is 0 Å². The molecule has 2 aromatic rings. The number of rotatable bonds is 0. The van der Waals surface area contributed by atoms with Gasteiger partial charge in [0.2, 0.25) is 0 Å². The molecule has 0 unspecified atom stereocenters. The molecule has 0 saturated carbocycles. The predicted molar refractivity (Wildman–Crippen MR) is 65.9 cm³/mol. The van der Waals surface area contributed by atoms with E-state index in [-0.39, 0.29) is 10.8 Å². The monoisotopic (exact) mass is 266 g/mol. The molecule has 0 aliphatic carbocycles. The van der Waals surface area contributed by atoms with Crippen LogP contribution in [0.1, 0.15) is 25.2 Å². The molecule has 0 aliphatic rings. The van der Waals surface area contributed by atoms with Gasteiger partial charge in [0.05, 0.1) is 0 Å². The first-order chi connectivity index (χ1) is 6.98. The van der Waals surface area contributed by atoms with Crippen LogP contribution in [0.2, 0.25) is 0 Å². The van der Waals surface area contributed by atoms with Crippen LogP contribution < -0.4 is 5.43 Å². The van der Waals surface area contributed by atoms with Crippen LogP contribution in [0.25, 0.3) is 9.65 Å². The molecule has 0 N–H and O–H groups in total. The Kier molecular flexibility index (Phi) is 2.57. The van der Waals surface area contributed by atoms with Gasteiger partial charge in [-0.1, -0.05) is 0 Å². The fourth-order valence-electron chi connectivity index (χ4n) is 1.47. The van der Waals surface area contributed by atoms with E-state index in [9.17, 15) is 4.79 Å². The van der Waals surface area contributed by atoms with E-state index in [0.717, 1.165) is 5.39 Å². The first kappa shape index (κ1) is 10.7. The topological polar surface area (TPSA) is 17.1 Å². The molecule has 0 radical (unpaired) electrons. The number of hydrogen-bond acceptors (Lipinski definition) is 1. The molecule has 0 aliphatic heterocycles. The number of benzene rings is 1. The molecule has 1 aromatic carbocycles. The zero-order valence-electron chi connectivity index (χ0n) is 9.20. The Morgan fingerprint density at radius 2 is 1.80 bits per heavy atom. The molecule has 0 bridgehead atoms. The maximum atomic E-state index is 11.9. The summed E-state index contributed by atoms with van der Waals surface area (Å²) in [5, 5.41) is 0.894. The van der Waals surface area contributed by atoms with Crippen molar-refractivity contribution in [2.45, 2.75) is 26.2 Å². The predicted octanol–water partition coefficient (Wildman–Crippen LogP) is 2.55. The van der Waals surface area contributed by atoms with E-state index in [1.165, 1.54) is 8.70 Å². The molecule has 78 valence electrons. The molecule has 1 aromatic heterocycles. The average Bonchev–Trinajstić information content (AvgIpc) is 2.16. The van der Waals surface area contributed by atoms with E-state index in [0.29, 0.717) is 14.5 Å². The molecule has 1 nitrogen and oxygen atoms in total. The van der Waals surface area contributed by atoms with E-state index >= 15 is 0 Å². The van der Waals surface area contributed by atoms with Crippen molar-refractivity contribution < 1.29 is 0 Å². The van der Waals surface area contributed by atoms with E-state index in [1.807, 2.05) is 24.3 Å². The second-order valence-electron chi connectivity index (χ2n) is 4.72. The molecule has 0 fully saturated rings. The summed E-state index contributed by atoms with van der Waals surface area (Å²) in [5.74, 6) is 0. The Morgan fingerprint density at radius 1 is 1.13 bits per heavy atom. The molecule has 2 rings (SSSR count). The minimum absolute atomic E-state index is 0.114. The SMILES string of the molecule is CC(C)(C)c1cc(=O)c2ccccc2[se]1. The maximum absolute atomic E-state index is 11.9. The van der Waals surface area contributed by atoms with Crippen molar-refractivity contribution in [2.75, 3.05) is 0 Å². The fraction of sp³-hybridized carbons (Fsp3) is 0.308. The minimum atomic E-state index is 0.114. The van der Waals surface area contributed by atoms with Gasteiger partial charge in [-0.2, -0.15) is 0 Å². The van der Waals surface area contributed by atoms with Gasteiger partial charge < -0.3 is 0 Å². The molecule has 2 heteroatoms. The number of hydrogen-bond donors (Lipinski definition) is 0. The van der Waals surface area contributed by atoms with Crippen molar-refractivity contribution in [3.8, 4) is 0 Å². The van der Waals surface area contributed by atoms with Gasteiger partial charge in [0, 0.05) is 0 Å². The molecular formula is C13H14OSe. The van der Waals surface area contributed by atoms with Crippen molar-refractivity contribution in [3.05, 3.63) is 45.0 Å². The summed E-state index contributed by atoms with van der Waals surface area (Å²) >= 11 is 0.308. The van der Waals surface area contributed by atoms with Gasteiger partial charge in [-0.3, -0.25) is 0 Å². The second-order valence-corrected chi connectivity index (χ2v) is 6.99. The van der Waals surface area contributed by atoms with Gasteiger partial charge in [-0.25, -0.2) is 0 Å². The van der Waals surface area contributed by atoms with Crippen molar-refractivity contribution >= 4 is 24.1 Å². The standard InChI is InChI=1S/C13H14OSe/c1-13(2,3)12-8-10(14)9-6-4-5-7-11(9)15-12/h4-8H,1-3H3. The Labute approximate surface area is 95.5 Å². The molecular weight excluding hydrogens is 251 g/mol. The normalized spacial score (nSPS) is 11.9. The van der Waals surface area contributed by atoms with E-state index in [2.05, 4.69) is 26.8 Å². The quantitative estimate of drug-likeness (QED) is 0.669. The zero-order valence-corrected chi connectivity index (χ0v) is 10.9. The third-order valence-corrected chi connectivity index (χ3v) is 5.58. The summed E-state index contributed by atoms with van der Waals surface area (Å²) in [5.41, 5.74) is 0.284. The van der Waals surface area contributed by atoms with Crippen molar-refractivity contribution in [1.29, 1.82) is 0 Å². The van der Waals surface area contributed by atoms with Gasteiger partial charge in [0.25, 0.3) is 0 Å². The third kappa shape index (κ3) is 2.06. The Balaban J connectivity index is 2.79. The van der Waals surface area contributed by atoms with Crippen LogP contribution in [0.5, 0.6) is 0 Å². The van der Waals surface area contributed by atoms with Crippen LogP contribution in [0.15, 0.2) is 35.1 Å². The van der Waals surface area contributed by atoms with E-state index in [4.69, 9.17) is 0 Å². The first-order valence-electron chi connectivity index (χ1n) is 5.02. The van der Waals surface area contributed by atoms with Gasteiger partial charge in [0.15, 0.2) is 0 Å². The summed E-state index contributed by atoms with van der Waals surface area (Å²) in [4.78, 5) is 11.9. The summed E-state index contributed by atoms with van der Waals surface area (Å²) in [7, 11) is 0.